The van der Waals surface area contributed by atoms with Crippen molar-refractivity contribution in [2.75, 3.05) is 26.2 Å². The largest absolute Gasteiger partial charge is 0.377 e. The molecule has 5 nitrogen and oxygen atoms in total. The molecule has 0 aliphatic carbocycles. The van der Waals surface area contributed by atoms with Crippen LogP contribution in [0.5, 0.6) is 0 Å². The smallest absolute Gasteiger partial charge is 0.167 e. The summed E-state index contributed by atoms with van der Waals surface area (Å²) in [4.78, 5) is 21.4. The molecule has 1 saturated heterocycles. The minimum Gasteiger partial charge on any atom is -0.377 e. The van der Waals surface area contributed by atoms with Gasteiger partial charge in [0.2, 0.25) is 0 Å². The lowest BCUT2D eigenvalue weighted by atomic mass is 10.0. The van der Waals surface area contributed by atoms with Gasteiger partial charge in [-0.25, -0.2) is 4.98 Å². The van der Waals surface area contributed by atoms with E-state index in [0.717, 1.165) is 66.1 Å². The summed E-state index contributed by atoms with van der Waals surface area (Å²) < 4.78 is 5.61. The number of thiazole rings is 1. The van der Waals surface area contributed by atoms with Crippen molar-refractivity contribution < 1.29 is 9.53 Å². The Balaban J connectivity index is 1.68. The van der Waals surface area contributed by atoms with Crippen LogP contribution >= 0.6 is 22.9 Å². The minimum atomic E-state index is 0.0578. The van der Waals surface area contributed by atoms with Crippen molar-refractivity contribution in [3.05, 3.63) is 87.3 Å². The van der Waals surface area contributed by atoms with Crippen LogP contribution in [-0.2, 0) is 29.0 Å². The molecule has 1 aliphatic heterocycles. The zero-order valence-electron chi connectivity index (χ0n) is 19.5. The molecule has 7 heteroatoms. The Kier molecular flexibility index (Phi) is 9.30. The number of benzene rings is 1. The molecule has 0 atom stereocenters. The van der Waals surface area contributed by atoms with Gasteiger partial charge in [0.05, 0.1) is 24.4 Å². The number of Topliss-reactive ketones (excluding diaryl/α,β-unsaturated/α-hetero) is 1. The first-order valence-electron chi connectivity index (χ1n) is 11.3. The van der Waals surface area contributed by atoms with Crippen molar-refractivity contribution in [3.63, 3.8) is 0 Å². The van der Waals surface area contributed by atoms with Crippen LogP contribution in [0.1, 0.15) is 36.4 Å². The molecular weight excluding hydrogens is 454 g/mol. The van der Waals surface area contributed by atoms with E-state index in [1.165, 1.54) is 16.9 Å². The summed E-state index contributed by atoms with van der Waals surface area (Å²) in [7, 11) is 0. The van der Waals surface area contributed by atoms with Gasteiger partial charge in [-0.1, -0.05) is 43.8 Å². The Hall–Kier alpha value is -2.41. The van der Waals surface area contributed by atoms with E-state index in [0.29, 0.717) is 18.6 Å². The standard InChI is InChI=1S/C26H32ClN3O2S/c1-5-14-32-18-22-8-7-21(16-23(22)27)9-11-30-13-12-29(6-2)26(20(30)4)19(3)24(31)17-25-28-10-15-33-25/h6-8,10,15-16H,2,4-5,9,11-14,17-18H2,1,3H3/b26-19-. The molecule has 0 amide bonds. The predicted octanol–water partition coefficient (Wildman–Crippen LogP) is 5.63. The van der Waals surface area contributed by atoms with E-state index >= 15 is 0 Å². The molecule has 176 valence electrons. The van der Waals surface area contributed by atoms with Crippen LogP contribution in [0.3, 0.4) is 0 Å². The van der Waals surface area contributed by atoms with Crippen molar-refractivity contribution in [2.45, 2.75) is 39.7 Å². The molecule has 2 heterocycles. The van der Waals surface area contributed by atoms with Crippen molar-refractivity contribution >= 4 is 28.7 Å². The molecule has 0 bridgehead atoms. The van der Waals surface area contributed by atoms with Crippen molar-refractivity contribution in [1.82, 2.24) is 14.8 Å². The van der Waals surface area contributed by atoms with Crippen LogP contribution < -0.4 is 0 Å². The normalized spacial score (nSPS) is 15.7. The quantitative estimate of drug-likeness (QED) is 0.305. The highest BCUT2D eigenvalue weighted by Gasteiger charge is 2.26. The molecular formula is C26H32ClN3O2S. The molecule has 1 aromatic heterocycles. The molecule has 0 saturated carbocycles. The van der Waals surface area contributed by atoms with Gasteiger partial charge in [-0.3, -0.25) is 4.79 Å². The first kappa shape index (κ1) is 25.2. The fourth-order valence-corrected chi connectivity index (χ4v) is 4.72. The summed E-state index contributed by atoms with van der Waals surface area (Å²) in [6.45, 7) is 15.9. The molecule has 0 N–H and O–H groups in total. The average molecular weight is 486 g/mol. The Morgan fingerprint density at radius 3 is 2.85 bits per heavy atom. The number of nitrogens with zero attached hydrogens (tertiary/aromatic N) is 3. The van der Waals surface area contributed by atoms with Crippen LogP contribution in [-0.4, -0.2) is 46.8 Å². The summed E-state index contributed by atoms with van der Waals surface area (Å²) in [5, 5.41) is 3.45. The number of aromatic nitrogens is 1. The molecule has 0 radical (unpaired) electrons. The second-order valence-corrected chi connectivity index (χ2v) is 9.42. The zero-order chi connectivity index (χ0) is 23.8. The monoisotopic (exact) mass is 485 g/mol. The van der Waals surface area contributed by atoms with Gasteiger partial charge in [0, 0.05) is 48.4 Å². The summed E-state index contributed by atoms with van der Waals surface area (Å²) >= 11 is 7.97. The molecule has 0 spiro atoms. The summed E-state index contributed by atoms with van der Waals surface area (Å²) in [6.07, 6.45) is 5.63. The van der Waals surface area contributed by atoms with E-state index in [1.54, 1.807) is 12.4 Å². The van der Waals surface area contributed by atoms with E-state index in [1.807, 2.05) is 29.3 Å². The van der Waals surface area contributed by atoms with Crippen molar-refractivity contribution in [2.24, 2.45) is 0 Å². The number of ether oxygens (including phenoxy) is 1. The van der Waals surface area contributed by atoms with Gasteiger partial charge in [0.15, 0.2) is 5.78 Å². The van der Waals surface area contributed by atoms with Crippen LogP contribution in [0.15, 0.2) is 66.1 Å². The average Bonchev–Trinajstić information content (AvgIpc) is 3.32. The number of halogens is 1. The molecule has 1 aliphatic rings. The number of hydrogen-bond acceptors (Lipinski definition) is 6. The number of carbonyl (C=O) groups excluding carboxylic acids is 1. The summed E-state index contributed by atoms with van der Waals surface area (Å²) in [6, 6.07) is 6.18. The highest BCUT2D eigenvalue weighted by atomic mass is 35.5. The maximum Gasteiger partial charge on any atom is 0.167 e. The number of hydrogen-bond donors (Lipinski definition) is 0. The van der Waals surface area contributed by atoms with Crippen molar-refractivity contribution in [3.8, 4) is 0 Å². The Bertz CT molecular complexity index is 1020. The lowest BCUT2D eigenvalue weighted by Crippen LogP contribution is -2.42. The van der Waals surface area contributed by atoms with Gasteiger partial charge in [0.1, 0.15) is 5.01 Å². The van der Waals surface area contributed by atoms with E-state index in [9.17, 15) is 4.79 Å². The number of rotatable bonds is 11. The highest BCUT2D eigenvalue weighted by molar-refractivity contribution is 7.09. The van der Waals surface area contributed by atoms with Crippen LogP contribution in [0.4, 0.5) is 0 Å². The minimum absolute atomic E-state index is 0.0578. The van der Waals surface area contributed by atoms with Gasteiger partial charge >= 0.3 is 0 Å². The number of carbonyl (C=O) groups is 1. The summed E-state index contributed by atoms with van der Waals surface area (Å²) in [5.41, 5.74) is 4.57. The SMILES string of the molecule is C=CN1CCN(CCc2ccc(COCCC)c(Cl)c2)C(=C)/C1=C(\C)C(=O)Cc1nccs1. The topological polar surface area (TPSA) is 45.7 Å². The Morgan fingerprint density at radius 1 is 1.36 bits per heavy atom. The molecule has 1 aromatic carbocycles. The molecule has 1 fully saturated rings. The first-order valence-corrected chi connectivity index (χ1v) is 12.5. The Morgan fingerprint density at radius 2 is 2.18 bits per heavy atom. The molecule has 33 heavy (non-hydrogen) atoms. The maximum atomic E-state index is 12.9. The van der Waals surface area contributed by atoms with Gasteiger partial charge < -0.3 is 14.5 Å². The first-order chi connectivity index (χ1) is 15.9. The third kappa shape index (κ3) is 6.56. The fraction of sp³-hybridized carbons (Fsp3) is 0.385. The van der Waals surface area contributed by atoms with Gasteiger partial charge in [-0.05, 0) is 43.2 Å². The van der Waals surface area contributed by atoms with E-state index < -0.39 is 0 Å². The lowest BCUT2D eigenvalue weighted by Gasteiger charge is -2.40. The van der Waals surface area contributed by atoms with Crippen LogP contribution in [0.2, 0.25) is 5.02 Å². The Labute approximate surface area is 206 Å². The highest BCUT2D eigenvalue weighted by Crippen LogP contribution is 2.28. The van der Waals surface area contributed by atoms with E-state index in [4.69, 9.17) is 16.3 Å². The zero-order valence-corrected chi connectivity index (χ0v) is 21.1. The third-order valence-corrected chi connectivity index (χ3v) is 6.87. The number of allylic oxidation sites excluding steroid dienone is 1. The van der Waals surface area contributed by atoms with Crippen molar-refractivity contribution in [1.29, 1.82) is 0 Å². The second kappa shape index (κ2) is 12.2. The third-order valence-electron chi connectivity index (χ3n) is 5.74. The summed E-state index contributed by atoms with van der Waals surface area (Å²) in [5.74, 6) is 0.0578. The second-order valence-electron chi connectivity index (χ2n) is 8.04. The van der Waals surface area contributed by atoms with E-state index in [-0.39, 0.29) is 5.78 Å². The van der Waals surface area contributed by atoms with Gasteiger partial charge in [-0.2, -0.15) is 0 Å². The lowest BCUT2D eigenvalue weighted by molar-refractivity contribution is -0.115. The predicted molar refractivity (Wildman–Crippen MR) is 136 cm³/mol. The van der Waals surface area contributed by atoms with E-state index in [2.05, 4.69) is 36.0 Å². The molecule has 3 rings (SSSR count). The maximum absolute atomic E-state index is 12.9. The van der Waals surface area contributed by atoms with Gasteiger partial charge in [-0.15, -0.1) is 11.3 Å². The van der Waals surface area contributed by atoms with Gasteiger partial charge in [0.25, 0.3) is 0 Å². The van der Waals surface area contributed by atoms with Crippen LogP contribution in [0, 0.1) is 0 Å². The number of ketones is 1. The fourth-order valence-electron chi connectivity index (χ4n) is 3.85. The molecule has 2 aromatic rings. The molecule has 0 unspecified atom stereocenters. The number of piperazine rings is 1. The van der Waals surface area contributed by atoms with Crippen LogP contribution in [0.25, 0.3) is 0 Å².